The maximum atomic E-state index is 13.6. The predicted molar refractivity (Wildman–Crippen MR) is 54.7 cm³/mol. The molecule has 1 unspecified atom stereocenters. The Morgan fingerprint density at radius 1 is 1.44 bits per heavy atom. The molecular weight excluding hydrogens is 214 g/mol. The van der Waals surface area contributed by atoms with Gasteiger partial charge in [-0.25, -0.2) is 8.78 Å². The number of carbonyl (C=O) groups excluding carboxylic acids is 1. The Morgan fingerprint density at radius 2 is 2.25 bits per heavy atom. The van der Waals surface area contributed by atoms with E-state index in [4.69, 9.17) is 0 Å². The fraction of sp³-hybridized carbons (Fsp3) is 0.364. The van der Waals surface area contributed by atoms with Gasteiger partial charge < -0.3 is 10.2 Å². The van der Waals surface area contributed by atoms with Crippen molar-refractivity contribution in [3.63, 3.8) is 0 Å². The zero-order chi connectivity index (χ0) is 11.5. The molecule has 2 rings (SSSR count). The number of amides is 1. The summed E-state index contributed by atoms with van der Waals surface area (Å²) < 4.78 is 26.6. The Hall–Kier alpha value is -1.49. The SMILES string of the molecule is O=CN1CCNCC1c1cccc(F)c1F. The first-order valence-corrected chi connectivity index (χ1v) is 5.09. The number of carbonyl (C=O) groups is 1. The van der Waals surface area contributed by atoms with Gasteiger partial charge in [-0.05, 0) is 6.07 Å². The third-order valence-corrected chi connectivity index (χ3v) is 2.76. The van der Waals surface area contributed by atoms with Crippen LogP contribution in [0.3, 0.4) is 0 Å². The average molecular weight is 226 g/mol. The molecule has 1 aromatic rings. The summed E-state index contributed by atoms with van der Waals surface area (Å²) in [5.41, 5.74) is 0.222. The van der Waals surface area contributed by atoms with Crippen LogP contribution in [0.15, 0.2) is 18.2 Å². The molecule has 1 heterocycles. The number of nitrogens with one attached hydrogen (secondary N) is 1. The van der Waals surface area contributed by atoms with Crippen molar-refractivity contribution in [3.05, 3.63) is 35.4 Å². The zero-order valence-corrected chi connectivity index (χ0v) is 8.62. The van der Waals surface area contributed by atoms with Gasteiger partial charge in [0.2, 0.25) is 6.41 Å². The number of piperazine rings is 1. The molecule has 0 spiro atoms. The molecule has 86 valence electrons. The van der Waals surface area contributed by atoms with Crippen molar-refractivity contribution in [2.24, 2.45) is 0 Å². The van der Waals surface area contributed by atoms with Crippen molar-refractivity contribution >= 4 is 6.41 Å². The predicted octanol–water partition coefficient (Wildman–Crippen LogP) is 1.07. The minimum atomic E-state index is -0.881. The second kappa shape index (κ2) is 4.57. The lowest BCUT2D eigenvalue weighted by molar-refractivity contribution is -0.121. The first-order chi connectivity index (χ1) is 7.74. The number of nitrogens with zero attached hydrogens (tertiary/aromatic N) is 1. The summed E-state index contributed by atoms with van der Waals surface area (Å²) in [4.78, 5) is 12.3. The number of rotatable bonds is 2. The summed E-state index contributed by atoms with van der Waals surface area (Å²) in [5, 5.41) is 3.05. The quantitative estimate of drug-likeness (QED) is 0.765. The fourth-order valence-electron chi connectivity index (χ4n) is 1.91. The van der Waals surface area contributed by atoms with Crippen LogP contribution in [0.25, 0.3) is 0 Å². The summed E-state index contributed by atoms with van der Waals surface area (Å²) in [6.07, 6.45) is 0.676. The molecule has 0 bridgehead atoms. The Morgan fingerprint density at radius 3 is 3.00 bits per heavy atom. The van der Waals surface area contributed by atoms with Crippen molar-refractivity contribution < 1.29 is 13.6 Å². The average Bonchev–Trinajstić information content (AvgIpc) is 2.33. The summed E-state index contributed by atoms with van der Waals surface area (Å²) in [5.74, 6) is -1.75. The van der Waals surface area contributed by atoms with Crippen LogP contribution >= 0.6 is 0 Å². The summed E-state index contributed by atoms with van der Waals surface area (Å²) in [6, 6.07) is 3.60. The van der Waals surface area contributed by atoms with E-state index in [1.807, 2.05) is 0 Å². The molecule has 5 heteroatoms. The van der Waals surface area contributed by atoms with Gasteiger partial charge in [0.15, 0.2) is 11.6 Å². The molecule has 1 saturated heterocycles. The van der Waals surface area contributed by atoms with Crippen LogP contribution in [-0.4, -0.2) is 30.9 Å². The number of hydrogen-bond donors (Lipinski definition) is 1. The zero-order valence-electron chi connectivity index (χ0n) is 8.62. The lowest BCUT2D eigenvalue weighted by atomic mass is 10.0. The van der Waals surface area contributed by atoms with Crippen LogP contribution < -0.4 is 5.32 Å². The Labute approximate surface area is 92.1 Å². The molecular formula is C11H12F2N2O. The molecule has 1 aromatic carbocycles. The maximum absolute atomic E-state index is 13.6. The summed E-state index contributed by atoms with van der Waals surface area (Å²) in [6.45, 7) is 1.62. The molecule has 1 atom stereocenters. The van der Waals surface area contributed by atoms with E-state index in [0.717, 1.165) is 6.07 Å². The summed E-state index contributed by atoms with van der Waals surface area (Å²) >= 11 is 0. The molecule has 1 aliphatic heterocycles. The minimum absolute atomic E-state index is 0.222. The van der Waals surface area contributed by atoms with Crippen LogP contribution in [0.5, 0.6) is 0 Å². The molecule has 1 aliphatic rings. The van der Waals surface area contributed by atoms with E-state index in [-0.39, 0.29) is 5.56 Å². The van der Waals surface area contributed by atoms with Gasteiger partial charge in [0.1, 0.15) is 0 Å². The molecule has 1 fully saturated rings. The Balaban J connectivity index is 2.34. The van der Waals surface area contributed by atoms with Crippen molar-refractivity contribution in [2.75, 3.05) is 19.6 Å². The highest BCUT2D eigenvalue weighted by molar-refractivity contribution is 5.49. The van der Waals surface area contributed by atoms with Crippen molar-refractivity contribution in [1.82, 2.24) is 10.2 Å². The minimum Gasteiger partial charge on any atom is -0.336 e. The lowest BCUT2D eigenvalue weighted by Crippen LogP contribution is -2.45. The second-order valence-electron chi connectivity index (χ2n) is 3.71. The molecule has 1 N–H and O–H groups in total. The van der Waals surface area contributed by atoms with Crippen molar-refractivity contribution in [2.45, 2.75) is 6.04 Å². The maximum Gasteiger partial charge on any atom is 0.210 e. The monoisotopic (exact) mass is 226 g/mol. The molecule has 1 amide bonds. The highest BCUT2D eigenvalue weighted by Crippen LogP contribution is 2.24. The standard InChI is InChI=1S/C11H12F2N2O/c12-9-3-1-2-8(11(9)13)10-6-14-4-5-15(10)7-16/h1-3,7,10,14H,4-6H2. The van der Waals surface area contributed by atoms with Crippen molar-refractivity contribution in [1.29, 1.82) is 0 Å². The largest absolute Gasteiger partial charge is 0.336 e. The van der Waals surface area contributed by atoms with Crippen LogP contribution in [-0.2, 0) is 4.79 Å². The molecule has 0 aromatic heterocycles. The highest BCUT2D eigenvalue weighted by atomic mass is 19.2. The molecule has 0 aliphatic carbocycles. The second-order valence-corrected chi connectivity index (χ2v) is 3.71. The molecule has 16 heavy (non-hydrogen) atoms. The van der Waals surface area contributed by atoms with Crippen LogP contribution in [0.1, 0.15) is 11.6 Å². The van der Waals surface area contributed by atoms with E-state index in [0.29, 0.717) is 26.0 Å². The first kappa shape index (κ1) is 11.0. The van der Waals surface area contributed by atoms with Crippen LogP contribution in [0.2, 0.25) is 0 Å². The Bertz CT molecular complexity index is 398. The van der Waals surface area contributed by atoms with Gasteiger partial charge in [-0.3, -0.25) is 4.79 Å². The molecule has 0 saturated carbocycles. The van der Waals surface area contributed by atoms with Gasteiger partial charge in [0.25, 0.3) is 0 Å². The van der Waals surface area contributed by atoms with Gasteiger partial charge in [-0.2, -0.15) is 0 Å². The molecule has 0 radical (unpaired) electrons. The van der Waals surface area contributed by atoms with E-state index in [1.54, 1.807) is 0 Å². The van der Waals surface area contributed by atoms with Crippen LogP contribution in [0.4, 0.5) is 8.78 Å². The third kappa shape index (κ3) is 1.90. The number of hydrogen-bond acceptors (Lipinski definition) is 2. The van der Waals surface area contributed by atoms with Crippen LogP contribution in [0, 0.1) is 11.6 Å². The van der Waals surface area contributed by atoms with E-state index < -0.39 is 17.7 Å². The third-order valence-electron chi connectivity index (χ3n) is 2.76. The van der Waals surface area contributed by atoms with E-state index >= 15 is 0 Å². The number of halogens is 2. The van der Waals surface area contributed by atoms with E-state index in [1.165, 1.54) is 17.0 Å². The molecule has 3 nitrogen and oxygen atoms in total. The first-order valence-electron chi connectivity index (χ1n) is 5.09. The van der Waals surface area contributed by atoms with Gasteiger partial charge in [0.05, 0.1) is 6.04 Å². The lowest BCUT2D eigenvalue weighted by Gasteiger charge is -2.33. The topological polar surface area (TPSA) is 32.3 Å². The Kier molecular flexibility index (Phi) is 3.14. The van der Waals surface area contributed by atoms with Crippen molar-refractivity contribution in [3.8, 4) is 0 Å². The van der Waals surface area contributed by atoms with E-state index in [2.05, 4.69) is 5.32 Å². The number of benzene rings is 1. The van der Waals surface area contributed by atoms with Gasteiger partial charge in [0, 0.05) is 25.2 Å². The van der Waals surface area contributed by atoms with Gasteiger partial charge >= 0.3 is 0 Å². The normalized spacial score (nSPS) is 20.9. The smallest absolute Gasteiger partial charge is 0.210 e. The van der Waals surface area contributed by atoms with Gasteiger partial charge in [-0.15, -0.1) is 0 Å². The fourth-order valence-corrected chi connectivity index (χ4v) is 1.91. The highest BCUT2D eigenvalue weighted by Gasteiger charge is 2.25. The van der Waals surface area contributed by atoms with E-state index in [9.17, 15) is 13.6 Å². The van der Waals surface area contributed by atoms with Gasteiger partial charge in [-0.1, -0.05) is 12.1 Å². The summed E-state index contributed by atoms with van der Waals surface area (Å²) in [7, 11) is 0.